The van der Waals surface area contributed by atoms with Gasteiger partial charge in [-0.05, 0) is 61.6 Å². The molecule has 3 fully saturated rings. The number of hydrogen-bond acceptors (Lipinski definition) is 6. The van der Waals surface area contributed by atoms with Crippen molar-refractivity contribution in [3.8, 4) is 0 Å². The molecule has 0 atom stereocenters. The van der Waals surface area contributed by atoms with Gasteiger partial charge in [-0.15, -0.1) is 0 Å². The van der Waals surface area contributed by atoms with E-state index in [9.17, 15) is 32.7 Å². The van der Waals surface area contributed by atoms with Crippen LogP contribution in [0.1, 0.15) is 70.6 Å². The first-order valence-electron chi connectivity index (χ1n) is 12.2. The topological polar surface area (TPSA) is 139 Å². The maximum atomic E-state index is 13.2. The van der Waals surface area contributed by atoms with Crippen LogP contribution in [-0.2, 0) is 17.5 Å². The lowest BCUT2D eigenvalue weighted by Gasteiger charge is -2.51. The molecule has 3 N–H and O–H groups in total. The van der Waals surface area contributed by atoms with Gasteiger partial charge < -0.3 is 15.7 Å². The molecule has 2 heterocycles. The number of amides is 2. The number of nitrogens with zero attached hydrogens (tertiary/aromatic N) is 4. The summed E-state index contributed by atoms with van der Waals surface area (Å²) >= 11 is 0. The van der Waals surface area contributed by atoms with Crippen LogP contribution in [0.25, 0.3) is 5.78 Å². The Bertz CT molecular complexity index is 1400. The Morgan fingerprint density at radius 2 is 1.71 bits per heavy atom. The molecule has 0 unspecified atom stereocenters. The van der Waals surface area contributed by atoms with Gasteiger partial charge in [0, 0.05) is 19.2 Å². The van der Waals surface area contributed by atoms with Gasteiger partial charge in [0.1, 0.15) is 17.7 Å². The molecule has 0 spiro atoms. The average molecular weight is 531 g/mol. The number of nitrogens with one attached hydrogen (secondary N) is 2. The fourth-order valence-corrected chi connectivity index (χ4v) is 5.43. The van der Waals surface area contributed by atoms with E-state index in [-0.39, 0.29) is 34.7 Å². The van der Waals surface area contributed by atoms with E-state index in [1.165, 1.54) is 29.0 Å². The normalized spacial score (nSPS) is 22.8. The minimum atomic E-state index is -4.50. The van der Waals surface area contributed by atoms with Gasteiger partial charge in [-0.1, -0.05) is 12.1 Å². The molecule has 38 heavy (non-hydrogen) atoms. The zero-order valence-electron chi connectivity index (χ0n) is 20.2. The molecule has 0 aliphatic heterocycles. The molecule has 2 bridgehead atoms. The molecule has 200 valence electrons. The number of alkyl halides is 3. The molecule has 3 aliphatic carbocycles. The van der Waals surface area contributed by atoms with Crippen molar-refractivity contribution in [1.82, 2.24) is 30.2 Å². The van der Waals surface area contributed by atoms with Gasteiger partial charge in [-0.3, -0.25) is 14.4 Å². The second-order valence-corrected chi connectivity index (χ2v) is 10.1. The molecule has 0 radical (unpaired) electrons. The van der Waals surface area contributed by atoms with Crippen LogP contribution in [0.3, 0.4) is 0 Å². The molecule has 13 heteroatoms. The summed E-state index contributed by atoms with van der Waals surface area (Å²) in [5, 5.41) is 19.0. The maximum absolute atomic E-state index is 13.2. The van der Waals surface area contributed by atoms with Gasteiger partial charge in [0.05, 0.1) is 11.0 Å². The van der Waals surface area contributed by atoms with Crippen molar-refractivity contribution in [3.63, 3.8) is 0 Å². The van der Waals surface area contributed by atoms with E-state index in [1.54, 1.807) is 0 Å². The number of carbonyl (C=O) groups excluding carboxylic acids is 2. The van der Waals surface area contributed by atoms with Gasteiger partial charge >= 0.3 is 12.1 Å². The number of carboxylic acid groups (broad SMARTS) is 1. The number of aromatic nitrogens is 4. The Balaban J connectivity index is 1.28. The first-order chi connectivity index (χ1) is 18.0. The minimum Gasteiger partial charge on any atom is -0.481 e. The summed E-state index contributed by atoms with van der Waals surface area (Å²) in [6, 6.07) is 5.87. The van der Waals surface area contributed by atoms with E-state index in [2.05, 4.69) is 25.7 Å². The average Bonchev–Trinajstić information content (AvgIpc) is 3.39. The molecular weight excluding hydrogens is 505 g/mol. The van der Waals surface area contributed by atoms with Crippen molar-refractivity contribution in [2.45, 2.75) is 51.2 Å². The van der Waals surface area contributed by atoms with E-state index in [4.69, 9.17) is 0 Å². The van der Waals surface area contributed by atoms with Gasteiger partial charge in [-0.2, -0.15) is 27.8 Å². The second kappa shape index (κ2) is 9.37. The number of rotatable bonds is 7. The highest BCUT2D eigenvalue weighted by Crippen LogP contribution is 2.56. The van der Waals surface area contributed by atoms with Crippen molar-refractivity contribution in [2.75, 3.05) is 6.54 Å². The molecule has 2 aromatic heterocycles. The largest absolute Gasteiger partial charge is 0.481 e. The van der Waals surface area contributed by atoms with Gasteiger partial charge in [0.2, 0.25) is 0 Å². The molecular formula is C25H25F3N6O4. The summed E-state index contributed by atoms with van der Waals surface area (Å²) in [5.41, 5.74) is -1.51. The van der Waals surface area contributed by atoms with Crippen molar-refractivity contribution in [1.29, 1.82) is 0 Å². The number of benzene rings is 1. The Kier molecular flexibility index (Phi) is 6.32. The number of fused-ring (bicyclic) bond motifs is 4. The Morgan fingerprint density at radius 3 is 2.37 bits per heavy atom. The van der Waals surface area contributed by atoms with Crippen LogP contribution >= 0.6 is 0 Å². The molecule has 3 saturated carbocycles. The summed E-state index contributed by atoms with van der Waals surface area (Å²) in [5.74, 6) is -1.92. The minimum absolute atomic E-state index is 0.0154. The van der Waals surface area contributed by atoms with Crippen LogP contribution < -0.4 is 10.6 Å². The number of halogens is 3. The molecule has 3 aliphatic rings. The van der Waals surface area contributed by atoms with Crippen LogP contribution in [0, 0.1) is 10.8 Å². The molecule has 1 aromatic carbocycles. The SMILES string of the molecule is O=C(NCc1cccc(C(F)(F)F)c1)c1cc(C(=O)NCC23CCC(C(=O)O)(CC2)CC3)n2ncnc2n1. The van der Waals surface area contributed by atoms with Crippen molar-refractivity contribution >= 4 is 23.6 Å². The summed E-state index contributed by atoms with van der Waals surface area (Å²) in [6.07, 6.45) is 0.547. The Hall–Kier alpha value is -4.03. The summed E-state index contributed by atoms with van der Waals surface area (Å²) in [6.45, 7) is 0.182. The molecule has 6 rings (SSSR count). The van der Waals surface area contributed by atoms with E-state index in [0.29, 0.717) is 45.1 Å². The van der Waals surface area contributed by atoms with Crippen molar-refractivity contribution in [3.05, 3.63) is 59.2 Å². The quantitative estimate of drug-likeness (QED) is 0.426. The van der Waals surface area contributed by atoms with Crippen LogP contribution in [0.4, 0.5) is 13.2 Å². The van der Waals surface area contributed by atoms with Crippen LogP contribution in [0.2, 0.25) is 0 Å². The predicted molar refractivity (Wildman–Crippen MR) is 126 cm³/mol. The van der Waals surface area contributed by atoms with E-state index in [1.807, 2.05) is 0 Å². The van der Waals surface area contributed by atoms with E-state index >= 15 is 0 Å². The van der Waals surface area contributed by atoms with Crippen LogP contribution in [-0.4, -0.2) is 49.0 Å². The molecule has 0 saturated heterocycles. The van der Waals surface area contributed by atoms with E-state index < -0.39 is 34.9 Å². The third kappa shape index (κ3) is 4.79. The summed E-state index contributed by atoms with van der Waals surface area (Å²) in [7, 11) is 0. The molecule has 2 amide bonds. The fourth-order valence-electron chi connectivity index (χ4n) is 5.43. The number of carbonyl (C=O) groups is 3. The second-order valence-electron chi connectivity index (χ2n) is 10.1. The standard InChI is InChI=1S/C25H25F3N6O4/c26-25(27,28)16-3-1-2-15(10-16)12-29-19(35)17-11-18(34-22(33-17)31-14-32-34)20(36)30-13-23-4-7-24(8-5-23,9-6-23)21(37)38/h1-3,10-11,14H,4-9,12-13H2,(H,29,35)(H,30,36)(H,37,38). The third-order valence-corrected chi connectivity index (χ3v) is 7.90. The van der Waals surface area contributed by atoms with Crippen LogP contribution in [0.15, 0.2) is 36.7 Å². The number of aliphatic carboxylic acids is 1. The van der Waals surface area contributed by atoms with Crippen molar-refractivity contribution < 1.29 is 32.7 Å². The van der Waals surface area contributed by atoms with Crippen LogP contribution in [0.5, 0.6) is 0 Å². The smallest absolute Gasteiger partial charge is 0.416 e. The van der Waals surface area contributed by atoms with Gasteiger partial charge in [-0.25, -0.2) is 4.98 Å². The Labute approximate surface area is 214 Å². The van der Waals surface area contributed by atoms with Gasteiger partial charge in [0.15, 0.2) is 0 Å². The Morgan fingerprint density at radius 1 is 1.00 bits per heavy atom. The first-order valence-corrected chi connectivity index (χ1v) is 12.2. The first kappa shape index (κ1) is 25.6. The van der Waals surface area contributed by atoms with E-state index in [0.717, 1.165) is 12.1 Å². The lowest BCUT2D eigenvalue weighted by molar-refractivity contribution is -0.158. The van der Waals surface area contributed by atoms with Gasteiger partial charge in [0.25, 0.3) is 17.6 Å². The number of hydrogen-bond donors (Lipinski definition) is 3. The lowest BCUT2D eigenvalue weighted by Crippen LogP contribution is -2.50. The maximum Gasteiger partial charge on any atom is 0.416 e. The summed E-state index contributed by atoms with van der Waals surface area (Å²) in [4.78, 5) is 45.7. The third-order valence-electron chi connectivity index (χ3n) is 7.90. The molecule has 3 aromatic rings. The monoisotopic (exact) mass is 530 g/mol. The lowest BCUT2D eigenvalue weighted by atomic mass is 9.53. The summed E-state index contributed by atoms with van der Waals surface area (Å²) < 4.78 is 40.1. The highest BCUT2D eigenvalue weighted by molar-refractivity contribution is 5.98. The number of carboxylic acids is 1. The fraction of sp³-hybridized carbons (Fsp3) is 0.440. The van der Waals surface area contributed by atoms with Crippen molar-refractivity contribution in [2.24, 2.45) is 10.8 Å². The highest BCUT2D eigenvalue weighted by atomic mass is 19.4. The molecule has 10 nitrogen and oxygen atoms in total. The highest BCUT2D eigenvalue weighted by Gasteiger charge is 2.52. The zero-order chi connectivity index (χ0) is 27.1. The predicted octanol–water partition coefficient (Wildman–Crippen LogP) is 3.23. The zero-order valence-corrected chi connectivity index (χ0v) is 20.2.